The van der Waals surface area contributed by atoms with Gasteiger partial charge in [0.1, 0.15) is 6.29 Å². The highest BCUT2D eigenvalue weighted by Gasteiger charge is 2.18. The molecule has 0 aliphatic heterocycles. The molecule has 1 atom stereocenters. The van der Waals surface area contributed by atoms with Crippen molar-refractivity contribution in [1.82, 2.24) is 0 Å². The number of benzene rings is 1. The van der Waals surface area contributed by atoms with Gasteiger partial charge in [0.05, 0.1) is 13.7 Å². The molecule has 0 N–H and O–H groups in total. The fourth-order valence-corrected chi connectivity index (χ4v) is 1.36. The molecule has 0 radical (unpaired) electrons. The van der Waals surface area contributed by atoms with Crippen LogP contribution in [0.15, 0.2) is 18.2 Å². The molecule has 98 valence electrons. The van der Waals surface area contributed by atoms with Crippen LogP contribution in [0.3, 0.4) is 0 Å². The van der Waals surface area contributed by atoms with Gasteiger partial charge in [0.2, 0.25) is 0 Å². The van der Waals surface area contributed by atoms with E-state index in [-0.39, 0.29) is 6.61 Å². The van der Waals surface area contributed by atoms with Gasteiger partial charge in [0.15, 0.2) is 17.6 Å². The molecule has 1 unspecified atom stereocenters. The van der Waals surface area contributed by atoms with Gasteiger partial charge >= 0.3 is 5.97 Å². The minimum atomic E-state index is -0.763. The van der Waals surface area contributed by atoms with Gasteiger partial charge in [-0.2, -0.15) is 0 Å². The molecule has 1 rings (SSSR count). The Kier molecular flexibility index (Phi) is 5.17. The SMILES string of the molecule is CCOC(=O)C(C)Oc1cc(C=O)ccc1OC. The molecule has 18 heavy (non-hydrogen) atoms. The van der Waals surface area contributed by atoms with Crippen LogP contribution in [0.2, 0.25) is 0 Å². The molecule has 0 aromatic heterocycles. The van der Waals surface area contributed by atoms with E-state index in [1.807, 2.05) is 0 Å². The van der Waals surface area contributed by atoms with Crippen LogP contribution in [0, 0.1) is 0 Å². The number of hydrogen-bond acceptors (Lipinski definition) is 5. The van der Waals surface area contributed by atoms with Gasteiger partial charge in [-0.3, -0.25) is 4.79 Å². The van der Waals surface area contributed by atoms with E-state index in [0.717, 1.165) is 0 Å². The van der Waals surface area contributed by atoms with Gasteiger partial charge in [-0.05, 0) is 32.0 Å². The highest BCUT2D eigenvalue weighted by Crippen LogP contribution is 2.28. The Bertz CT molecular complexity index is 427. The van der Waals surface area contributed by atoms with Crippen LogP contribution >= 0.6 is 0 Å². The van der Waals surface area contributed by atoms with Crippen molar-refractivity contribution in [2.45, 2.75) is 20.0 Å². The maximum Gasteiger partial charge on any atom is 0.347 e. The first-order valence-electron chi connectivity index (χ1n) is 5.58. The maximum atomic E-state index is 11.4. The number of aldehydes is 1. The quantitative estimate of drug-likeness (QED) is 0.571. The summed E-state index contributed by atoms with van der Waals surface area (Å²) in [6.45, 7) is 3.58. The molecule has 5 nitrogen and oxygen atoms in total. The number of ether oxygens (including phenoxy) is 3. The van der Waals surface area contributed by atoms with Gasteiger partial charge in [-0.25, -0.2) is 4.79 Å². The molecule has 0 amide bonds. The van der Waals surface area contributed by atoms with Crippen molar-refractivity contribution in [2.24, 2.45) is 0 Å². The lowest BCUT2D eigenvalue weighted by molar-refractivity contribution is -0.150. The molecule has 0 aliphatic rings. The number of hydrogen-bond donors (Lipinski definition) is 0. The summed E-state index contributed by atoms with van der Waals surface area (Å²) in [6.07, 6.45) is -0.0674. The van der Waals surface area contributed by atoms with Crippen molar-refractivity contribution in [3.05, 3.63) is 23.8 Å². The second-order valence-corrected chi connectivity index (χ2v) is 3.54. The van der Waals surface area contributed by atoms with Crippen molar-refractivity contribution in [3.8, 4) is 11.5 Å². The summed E-state index contributed by atoms with van der Waals surface area (Å²) in [5, 5.41) is 0. The van der Waals surface area contributed by atoms with Crippen LogP contribution in [0.5, 0.6) is 11.5 Å². The molecular formula is C13H16O5. The van der Waals surface area contributed by atoms with E-state index >= 15 is 0 Å². The standard InChI is InChI=1S/C13H16O5/c1-4-17-13(15)9(2)18-12-7-10(8-14)5-6-11(12)16-3/h5-9H,4H2,1-3H3. The minimum absolute atomic E-state index is 0.290. The van der Waals surface area contributed by atoms with Gasteiger partial charge in [-0.1, -0.05) is 0 Å². The van der Waals surface area contributed by atoms with Crippen molar-refractivity contribution >= 4 is 12.3 Å². The second kappa shape index (κ2) is 6.64. The third-order valence-corrected chi connectivity index (χ3v) is 2.25. The molecule has 0 aliphatic carbocycles. The molecule has 5 heteroatoms. The first-order valence-corrected chi connectivity index (χ1v) is 5.58. The van der Waals surface area contributed by atoms with Gasteiger partial charge in [-0.15, -0.1) is 0 Å². The monoisotopic (exact) mass is 252 g/mol. The van der Waals surface area contributed by atoms with Gasteiger partial charge in [0, 0.05) is 5.56 Å². The molecule has 0 fully saturated rings. The fraction of sp³-hybridized carbons (Fsp3) is 0.385. The van der Waals surface area contributed by atoms with E-state index in [1.54, 1.807) is 26.0 Å². The minimum Gasteiger partial charge on any atom is -0.493 e. The Morgan fingerprint density at radius 3 is 2.67 bits per heavy atom. The van der Waals surface area contributed by atoms with E-state index in [4.69, 9.17) is 14.2 Å². The van der Waals surface area contributed by atoms with Crippen LogP contribution in [-0.4, -0.2) is 32.1 Å². The summed E-state index contributed by atoms with van der Waals surface area (Å²) < 4.78 is 15.4. The Balaban J connectivity index is 2.87. The smallest absolute Gasteiger partial charge is 0.347 e. The summed E-state index contributed by atoms with van der Waals surface area (Å²) in [6, 6.07) is 4.73. The highest BCUT2D eigenvalue weighted by atomic mass is 16.6. The molecule has 1 aromatic carbocycles. The van der Waals surface area contributed by atoms with Crippen molar-refractivity contribution in [3.63, 3.8) is 0 Å². The second-order valence-electron chi connectivity index (χ2n) is 3.54. The largest absolute Gasteiger partial charge is 0.493 e. The molecular weight excluding hydrogens is 236 g/mol. The molecule has 0 saturated carbocycles. The third kappa shape index (κ3) is 3.48. The summed E-state index contributed by atoms with van der Waals surface area (Å²) in [7, 11) is 1.48. The van der Waals surface area contributed by atoms with Crippen LogP contribution in [0.1, 0.15) is 24.2 Å². The van der Waals surface area contributed by atoms with Crippen molar-refractivity contribution < 1.29 is 23.8 Å². The first-order chi connectivity index (χ1) is 8.62. The molecule has 0 spiro atoms. The Hall–Kier alpha value is -2.04. The van der Waals surface area contributed by atoms with E-state index < -0.39 is 12.1 Å². The van der Waals surface area contributed by atoms with E-state index in [9.17, 15) is 9.59 Å². The lowest BCUT2D eigenvalue weighted by Crippen LogP contribution is -2.26. The average molecular weight is 252 g/mol. The van der Waals surface area contributed by atoms with Crippen molar-refractivity contribution in [1.29, 1.82) is 0 Å². The fourth-order valence-electron chi connectivity index (χ4n) is 1.36. The summed E-state index contributed by atoms with van der Waals surface area (Å²) in [4.78, 5) is 22.1. The maximum absolute atomic E-state index is 11.4. The highest BCUT2D eigenvalue weighted by molar-refractivity contribution is 5.77. The lowest BCUT2D eigenvalue weighted by atomic mass is 10.2. The predicted molar refractivity (Wildman–Crippen MR) is 65.1 cm³/mol. The Morgan fingerprint density at radius 1 is 1.39 bits per heavy atom. The van der Waals surface area contributed by atoms with Crippen LogP contribution in [-0.2, 0) is 9.53 Å². The number of carbonyl (C=O) groups excluding carboxylic acids is 2. The normalized spacial score (nSPS) is 11.5. The summed E-state index contributed by atoms with van der Waals surface area (Å²) in [5.41, 5.74) is 0.446. The van der Waals surface area contributed by atoms with Gasteiger partial charge in [0.25, 0.3) is 0 Å². The number of methoxy groups -OCH3 is 1. The predicted octanol–water partition coefficient (Wildman–Crippen LogP) is 1.84. The molecule has 0 saturated heterocycles. The number of esters is 1. The van der Waals surface area contributed by atoms with Crippen molar-refractivity contribution in [2.75, 3.05) is 13.7 Å². The van der Waals surface area contributed by atoms with E-state index in [0.29, 0.717) is 23.3 Å². The zero-order chi connectivity index (χ0) is 13.5. The topological polar surface area (TPSA) is 61.8 Å². The van der Waals surface area contributed by atoms with Crippen LogP contribution < -0.4 is 9.47 Å². The molecule has 0 bridgehead atoms. The zero-order valence-electron chi connectivity index (χ0n) is 10.6. The lowest BCUT2D eigenvalue weighted by Gasteiger charge is -2.15. The van der Waals surface area contributed by atoms with Gasteiger partial charge < -0.3 is 14.2 Å². The summed E-state index contributed by atoms with van der Waals surface area (Å²) >= 11 is 0. The molecule has 0 heterocycles. The van der Waals surface area contributed by atoms with E-state index in [2.05, 4.69) is 0 Å². The average Bonchev–Trinajstić information content (AvgIpc) is 2.38. The Labute approximate surface area is 106 Å². The zero-order valence-corrected chi connectivity index (χ0v) is 10.6. The first kappa shape index (κ1) is 14.0. The summed E-state index contributed by atoms with van der Waals surface area (Å²) in [5.74, 6) is 0.329. The number of rotatable bonds is 6. The van der Waals surface area contributed by atoms with E-state index in [1.165, 1.54) is 13.2 Å². The molecule has 1 aromatic rings. The third-order valence-electron chi connectivity index (χ3n) is 2.25. The number of carbonyl (C=O) groups is 2. The Morgan fingerprint density at radius 2 is 2.11 bits per heavy atom. The van der Waals surface area contributed by atoms with Crippen LogP contribution in [0.4, 0.5) is 0 Å². The van der Waals surface area contributed by atoms with Crippen LogP contribution in [0.25, 0.3) is 0 Å².